The van der Waals surface area contributed by atoms with Gasteiger partial charge in [0, 0.05) is 6.04 Å². The first kappa shape index (κ1) is 13.6. The normalized spacial score (nSPS) is 12.7. The van der Waals surface area contributed by atoms with Crippen molar-refractivity contribution in [1.29, 1.82) is 0 Å². The second kappa shape index (κ2) is 5.58. The number of likely N-dealkylation sites (N-methyl/N-ethyl adjacent to an activating group) is 1. The fraction of sp³-hybridized carbons (Fsp3) is 0.235. The molecule has 0 aliphatic heterocycles. The van der Waals surface area contributed by atoms with Crippen LogP contribution in [0.5, 0.6) is 0 Å². The highest BCUT2D eigenvalue weighted by atomic mass is 16.1. The van der Waals surface area contributed by atoms with Crippen LogP contribution in [-0.4, -0.2) is 17.0 Å². The van der Waals surface area contributed by atoms with Crippen LogP contribution in [-0.2, 0) is 6.42 Å². The van der Waals surface area contributed by atoms with Crippen LogP contribution in [0.1, 0.15) is 22.7 Å². The SMILES string of the molecule is CNC(Cc1ccc(C)cc1)c1ccc2[nH]c(=O)[nH]c2c1. The minimum absolute atomic E-state index is 0.165. The summed E-state index contributed by atoms with van der Waals surface area (Å²) in [4.78, 5) is 16.9. The molecular formula is C17H19N3O. The number of H-pyrrole nitrogens is 2. The van der Waals surface area contributed by atoms with Crippen LogP contribution in [0.3, 0.4) is 0 Å². The first-order chi connectivity index (χ1) is 10.2. The lowest BCUT2D eigenvalue weighted by atomic mass is 9.98. The lowest BCUT2D eigenvalue weighted by molar-refractivity contribution is 0.592. The van der Waals surface area contributed by atoms with E-state index in [1.54, 1.807) is 0 Å². The van der Waals surface area contributed by atoms with Crippen molar-refractivity contribution in [2.45, 2.75) is 19.4 Å². The van der Waals surface area contributed by atoms with Gasteiger partial charge in [-0.15, -0.1) is 0 Å². The molecule has 4 nitrogen and oxygen atoms in total. The minimum atomic E-state index is -0.165. The molecule has 1 unspecified atom stereocenters. The van der Waals surface area contributed by atoms with Gasteiger partial charge in [-0.1, -0.05) is 35.9 Å². The summed E-state index contributed by atoms with van der Waals surface area (Å²) >= 11 is 0. The van der Waals surface area contributed by atoms with Crippen LogP contribution in [0.4, 0.5) is 0 Å². The summed E-state index contributed by atoms with van der Waals surface area (Å²) in [5.74, 6) is 0. The average Bonchev–Trinajstić information content (AvgIpc) is 2.85. The number of hydrogen-bond acceptors (Lipinski definition) is 2. The third-order valence-corrected chi connectivity index (χ3v) is 3.85. The molecule has 0 fully saturated rings. The van der Waals surface area contributed by atoms with E-state index in [2.05, 4.69) is 52.5 Å². The van der Waals surface area contributed by atoms with E-state index in [1.165, 1.54) is 16.7 Å². The molecule has 2 aromatic carbocycles. The number of aryl methyl sites for hydroxylation is 1. The third-order valence-electron chi connectivity index (χ3n) is 3.85. The summed E-state index contributed by atoms with van der Waals surface area (Å²) in [7, 11) is 1.96. The molecule has 4 heteroatoms. The predicted octanol–water partition coefficient (Wildman–Crippen LogP) is 2.67. The molecule has 21 heavy (non-hydrogen) atoms. The number of imidazole rings is 1. The van der Waals surface area contributed by atoms with Crippen molar-refractivity contribution >= 4 is 11.0 Å². The van der Waals surface area contributed by atoms with Gasteiger partial charge >= 0.3 is 5.69 Å². The Labute approximate surface area is 123 Å². The number of aromatic nitrogens is 2. The summed E-state index contributed by atoms with van der Waals surface area (Å²) in [6, 6.07) is 14.8. The number of hydrogen-bond donors (Lipinski definition) is 3. The van der Waals surface area contributed by atoms with Gasteiger partial charge in [0.1, 0.15) is 0 Å². The van der Waals surface area contributed by atoms with Crippen molar-refractivity contribution in [3.05, 3.63) is 69.6 Å². The van der Waals surface area contributed by atoms with Crippen LogP contribution in [0.25, 0.3) is 11.0 Å². The second-order valence-electron chi connectivity index (χ2n) is 5.42. The maximum absolute atomic E-state index is 11.3. The van der Waals surface area contributed by atoms with Crippen molar-refractivity contribution in [2.75, 3.05) is 7.05 Å². The Bertz CT molecular complexity index is 799. The molecule has 1 aromatic heterocycles. The number of aromatic amines is 2. The van der Waals surface area contributed by atoms with E-state index in [0.717, 1.165) is 17.5 Å². The standard InChI is InChI=1S/C17H19N3O/c1-11-3-5-12(6-4-11)9-15(18-2)13-7-8-14-16(10-13)20-17(21)19-14/h3-8,10,15,18H,9H2,1-2H3,(H2,19,20,21). The van der Waals surface area contributed by atoms with Crippen molar-refractivity contribution in [3.63, 3.8) is 0 Å². The zero-order valence-corrected chi connectivity index (χ0v) is 12.2. The molecule has 0 bridgehead atoms. The largest absolute Gasteiger partial charge is 0.323 e. The highest BCUT2D eigenvalue weighted by molar-refractivity contribution is 5.75. The van der Waals surface area contributed by atoms with Gasteiger partial charge in [-0.2, -0.15) is 0 Å². The van der Waals surface area contributed by atoms with Gasteiger partial charge in [0.25, 0.3) is 0 Å². The fourth-order valence-corrected chi connectivity index (χ4v) is 2.61. The Balaban J connectivity index is 1.89. The molecule has 108 valence electrons. The maximum atomic E-state index is 11.3. The summed E-state index contributed by atoms with van der Waals surface area (Å²) < 4.78 is 0. The van der Waals surface area contributed by atoms with E-state index in [-0.39, 0.29) is 11.7 Å². The van der Waals surface area contributed by atoms with Gasteiger partial charge in [-0.05, 0) is 43.7 Å². The molecule has 3 rings (SSSR count). The molecule has 0 radical (unpaired) electrons. The first-order valence-electron chi connectivity index (χ1n) is 7.10. The van der Waals surface area contributed by atoms with Crippen molar-refractivity contribution in [2.24, 2.45) is 0 Å². The molecule has 0 saturated heterocycles. The number of nitrogens with one attached hydrogen (secondary N) is 3. The molecule has 0 aliphatic rings. The van der Waals surface area contributed by atoms with Crippen LogP contribution in [0.15, 0.2) is 47.3 Å². The smallest absolute Gasteiger partial charge is 0.313 e. The quantitative estimate of drug-likeness (QED) is 0.688. The molecule has 1 atom stereocenters. The van der Waals surface area contributed by atoms with Gasteiger partial charge in [0.15, 0.2) is 0 Å². The molecule has 3 aromatic rings. The highest BCUT2D eigenvalue weighted by Gasteiger charge is 2.11. The minimum Gasteiger partial charge on any atom is -0.313 e. The monoisotopic (exact) mass is 281 g/mol. The van der Waals surface area contributed by atoms with Crippen LogP contribution >= 0.6 is 0 Å². The van der Waals surface area contributed by atoms with Gasteiger partial charge in [-0.3, -0.25) is 0 Å². The topological polar surface area (TPSA) is 60.7 Å². The van der Waals surface area contributed by atoms with E-state index in [9.17, 15) is 4.79 Å². The zero-order valence-electron chi connectivity index (χ0n) is 12.2. The Kier molecular flexibility index (Phi) is 3.62. The average molecular weight is 281 g/mol. The Morgan fingerprint density at radius 1 is 1.05 bits per heavy atom. The lowest BCUT2D eigenvalue weighted by Crippen LogP contribution is -2.18. The van der Waals surface area contributed by atoms with Crippen LogP contribution < -0.4 is 11.0 Å². The third kappa shape index (κ3) is 2.90. The lowest BCUT2D eigenvalue weighted by Gasteiger charge is -2.17. The summed E-state index contributed by atoms with van der Waals surface area (Å²) in [6.45, 7) is 2.09. The van der Waals surface area contributed by atoms with Gasteiger partial charge in [-0.25, -0.2) is 4.79 Å². The van der Waals surface area contributed by atoms with E-state index in [1.807, 2.05) is 19.2 Å². The molecule has 0 spiro atoms. The number of rotatable bonds is 4. The maximum Gasteiger partial charge on any atom is 0.323 e. The molecular weight excluding hydrogens is 262 g/mol. The van der Waals surface area contributed by atoms with Crippen molar-refractivity contribution in [3.8, 4) is 0 Å². The van der Waals surface area contributed by atoms with Crippen LogP contribution in [0, 0.1) is 6.92 Å². The summed E-state index contributed by atoms with van der Waals surface area (Å²) in [5.41, 5.74) is 5.26. The Morgan fingerprint density at radius 2 is 1.76 bits per heavy atom. The molecule has 3 N–H and O–H groups in total. The van der Waals surface area contributed by atoms with E-state index in [4.69, 9.17) is 0 Å². The van der Waals surface area contributed by atoms with Crippen molar-refractivity contribution < 1.29 is 0 Å². The summed E-state index contributed by atoms with van der Waals surface area (Å²) in [5, 5.41) is 3.35. The molecule has 0 amide bonds. The van der Waals surface area contributed by atoms with Gasteiger partial charge < -0.3 is 15.3 Å². The summed E-state index contributed by atoms with van der Waals surface area (Å²) in [6.07, 6.45) is 0.914. The van der Waals surface area contributed by atoms with Crippen molar-refractivity contribution in [1.82, 2.24) is 15.3 Å². The Morgan fingerprint density at radius 3 is 2.48 bits per heavy atom. The van der Waals surface area contributed by atoms with E-state index < -0.39 is 0 Å². The number of benzene rings is 2. The van der Waals surface area contributed by atoms with Gasteiger partial charge in [0.05, 0.1) is 11.0 Å². The molecule has 1 heterocycles. The predicted molar refractivity (Wildman–Crippen MR) is 85.6 cm³/mol. The van der Waals surface area contributed by atoms with E-state index >= 15 is 0 Å². The Hall–Kier alpha value is -2.33. The zero-order chi connectivity index (χ0) is 14.8. The highest BCUT2D eigenvalue weighted by Crippen LogP contribution is 2.21. The van der Waals surface area contributed by atoms with Gasteiger partial charge in [0.2, 0.25) is 0 Å². The first-order valence-corrected chi connectivity index (χ1v) is 7.10. The number of fused-ring (bicyclic) bond motifs is 1. The second-order valence-corrected chi connectivity index (χ2v) is 5.42. The molecule has 0 aliphatic carbocycles. The molecule has 0 saturated carbocycles. The van der Waals surface area contributed by atoms with E-state index in [0.29, 0.717) is 0 Å². The van der Waals surface area contributed by atoms with Crippen LogP contribution in [0.2, 0.25) is 0 Å². The fourth-order valence-electron chi connectivity index (χ4n) is 2.61.